The first-order chi connectivity index (χ1) is 8.85. The van der Waals surface area contributed by atoms with E-state index in [2.05, 4.69) is 5.32 Å². The highest BCUT2D eigenvalue weighted by Gasteiger charge is 2.36. The van der Waals surface area contributed by atoms with Crippen LogP contribution in [0.15, 0.2) is 0 Å². The van der Waals surface area contributed by atoms with Crippen molar-refractivity contribution in [1.29, 1.82) is 0 Å². The highest BCUT2D eigenvalue weighted by atomic mass is 16.5. The Morgan fingerprint density at radius 2 is 1.89 bits per heavy atom. The van der Waals surface area contributed by atoms with Crippen molar-refractivity contribution in [3.8, 4) is 0 Å². The molecule has 0 saturated heterocycles. The maximum Gasteiger partial charge on any atom is 0.326 e. The standard InChI is InChI=1S/C14H29NO4/c1-7-18-13(16)14(5,15-11(2)3)10-12(4)19-9-8-17-6/h11-12,15H,7-10H2,1-6H3. The van der Waals surface area contributed by atoms with E-state index in [4.69, 9.17) is 14.2 Å². The summed E-state index contributed by atoms with van der Waals surface area (Å²) in [7, 11) is 1.64. The zero-order valence-corrected chi connectivity index (χ0v) is 13.1. The zero-order chi connectivity index (χ0) is 14.9. The Morgan fingerprint density at radius 1 is 1.26 bits per heavy atom. The van der Waals surface area contributed by atoms with E-state index in [-0.39, 0.29) is 18.1 Å². The maximum atomic E-state index is 12.1. The summed E-state index contributed by atoms with van der Waals surface area (Å²) in [5.41, 5.74) is -0.726. The molecule has 1 N–H and O–H groups in total. The van der Waals surface area contributed by atoms with Crippen LogP contribution >= 0.6 is 0 Å². The lowest BCUT2D eigenvalue weighted by Gasteiger charge is -2.32. The predicted molar refractivity (Wildman–Crippen MR) is 75.2 cm³/mol. The molecule has 0 bridgehead atoms. The van der Waals surface area contributed by atoms with Crippen molar-refractivity contribution in [1.82, 2.24) is 5.32 Å². The van der Waals surface area contributed by atoms with Gasteiger partial charge in [0.1, 0.15) is 5.54 Å². The van der Waals surface area contributed by atoms with E-state index in [0.717, 1.165) is 0 Å². The largest absolute Gasteiger partial charge is 0.465 e. The predicted octanol–water partition coefficient (Wildman–Crippen LogP) is 1.75. The van der Waals surface area contributed by atoms with Crippen LogP contribution in [-0.2, 0) is 19.0 Å². The quantitative estimate of drug-likeness (QED) is 0.486. The van der Waals surface area contributed by atoms with Gasteiger partial charge in [-0.3, -0.25) is 10.1 Å². The summed E-state index contributed by atoms with van der Waals surface area (Å²) < 4.78 is 15.7. The first-order valence-electron chi connectivity index (χ1n) is 6.91. The second kappa shape index (κ2) is 9.28. The van der Waals surface area contributed by atoms with Gasteiger partial charge in [0.05, 0.1) is 25.9 Å². The number of nitrogens with one attached hydrogen (secondary N) is 1. The highest BCUT2D eigenvalue weighted by Crippen LogP contribution is 2.18. The third kappa shape index (κ3) is 7.50. The van der Waals surface area contributed by atoms with Crippen LogP contribution in [0.3, 0.4) is 0 Å². The fraction of sp³-hybridized carbons (Fsp3) is 0.929. The number of methoxy groups -OCH3 is 1. The van der Waals surface area contributed by atoms with Gasteiger partial charge in [-0.2, -0.15) is 0 Å². The van der Waals surface area contributed by atoms with E-state index in [0.29, 0.717) is 26.2 Å². The minimum atomic E-state index is -0.726. The molecule has 0 aromatic heterocycles. The summed E-state index contributed by atoms with van der Waals surface area (Å²) in [5.74, 6) is -0.231. The van der Waals surface area contributed by atoms with Gasteiger partial charge in [-0.15, -0.1) is 0 Å². The van der Waals surface area contributed by atoms with Crippen LogP contribution in [0, 0.1) is 0 Å². The summed E-state index contributed by atoms with van der Waals surface area (Å²) in [6.07, 6.45) is 0.518. The number of esters is 1. The molecule has 0 aliphatic rings. The molecule has 0 rings (SSSR count). The van der Waals surface area contributed by atoms with Crippen LogP contribution in [0.5, 0.6) is 0 Å². The van der Waals surface area contributed by atoms with Crippen LogP contribution in [0.2, 0.25) is 0 Å². The fourth-order valence-corrected chi connectivity index (χ4v) is 2.10. The van der Waals surface area contributed by atoms with Crippen LogP contribution in [0.1, 0.15) is 41.0 Å². The normalized spacial score (nSPS) is 16.2. The van der Waals surface area contributed by atoms with Crippen molar-refractivity contribution in [2.45, 2.75) is 58.7 Å². The van der Waals surface area contributed by atoms with Crippen LogP contribution in [0.4, 0.5) is 0 Å². The van der Waals surface area contributed by atoms with Gasteiger partial charge in [-0.05, 0) is 34.6 Å². The molecule has 114 valence electrons. The number of carbonyl (C=O) groups is 1. The Kier molecular flexibility index (Phi) is 8.97. The third-order valence-electron chi connectivity index (χ3n) is 2.72. The van der Waals surface area contributed by atoms with Gasteiger partial charge in [0.25, 0.3) is 0 Å². The van der Waals surface area contributed by atoms with E-state index >= 15 is 0 Å². The van der Waals surface area contributed by atoms with E-state index in [1.807, 2.05) is 34.6 Å². The second-order valence-corrected chi connectivity index (χ2v) is 5.23. The van der Waals surface area contributed by atoms with Crippen LogP contribution < -0.4 is 5.32 Å². The first kappa shape index (κ1) is 18.4. The summed E-state index contributed by atoms with van der Waals surface area (Å²) in [5, 5.41) is 3.28. The summed E-state index contributed by atoms with van der Waals surface area (Å²) in [6.45, 7) is 11.1. The molecule has 0 aliphatic heterocycles. The number of hydrogen-bond acceptors (Lipinski definition) is 5. The average molecular weight is 275 g/mol. The SMILES string of the molecule is CCOC(=O)C(C)(CC(C)OCCOC)NC(C)C. The van der Waals surface area contributed by atoms with Gasteiger partial charge >= 0.3 is 5.97 Å². The minimum absolute atomic E-state index is 0.0455. The van der Waals surface area contributed by atoms with Gasteiger partial charge < -0.3 is 14.2 Å². The average Bonchev–Trinajstić information content (AvgIpc) is 2.28. The molecule has 0 aromatic rings. The van der Waals surface area contributed by atoms with Crippen LogP contribution in [0.25, 0.3) is 0 Å². The molecule has 2 atom stereocenters. The topological polar surface area (TPSA) is 56.8 Å². The monoisotopic (exact) mass is 275 g/mol. The van der Waals surface area contributed by atoms with Gasteiger partial charge in [-0.1, -0.05) is 0 Å². The molecule has 0 radical (unpaired) electrons. The fourth-order valence-electron chi connectivity index (χ4n) is 2.10. The van der Waals surface area contributed by atoms with E-state index in [9.17, 15) is 4.79 Å². The van der Waals surface area contributed by atoms with Gasteiger partial charge in [0.2, 0.25) is 0 Å². The molecule has 0 heterocycles. The smallest absolute Gasteiger partial charge is 0.326 e. The van der Waals surface area contributed by atoms with Crippen molar-refractivity contribution in [2.75, 3.05) is 26.9 Å². The van der Waals surface area contributed by atoms with Gasteiger partial charge in [0, 0.05) is 19.6 Å². The van der Waals surface area contributed by atoms with E-state index in [1.165, 1.54) is 0 Å². The molecule has 0 spiro atoms. The Hall–Kier alpha value is -0.650. The Bertz CT molecular complexity index is 258. The summed E-state index contributed by atoms with van der Waals surface area (Å²) in [4.78, 5) is 12.1. The molecule has 0 aromatic carbocycles. The lowest BCUT2D eigenvalue weighted by atomic mass is 9.93. The highest BCUT2D eigenvalue weighted by molar-refractivity contribution is 5.80. The van der Waals surface area contributed by atoms with Crippen molar-refractivity contribution in [2.24, 2.45) is 0 Å². The molecule has 0 saturated carbocycles. The summed E-state index contributed by atoms with van der Waals surface area (Å²) >= 11 is 0. The number of rotatable bonds is 10. The Labute approximate surface area is 117 Å². The number of carbonyl (C=O) groups excluding carboxylic acids is 1. The summed E-state index contributed by atoms with van der Waals surface area (Å²) in [6, 6.07) is 0.195. The van der Waals surface area contributed by atoms with Crippen molar-refractivity contribution in [3.05, 3.63) is 0 Å². The Morgan fingerprint density at radius 3 is 2.37 bits per heavy atom. The molecule has 0 fully saturated rings. The lowest BCUT2D eigenvalue weighted by Crippen LogP contribution is -2.55. The first-order valence-corrected chi connectivity index (χ1v) is 6.91. The molecule has 0 aliphatic carbocycles. The van der Waals surface area contributed by atoms with Crippen molar-refractivity contribution >= 4 is 5.97 Å². The molecule has 0 amide bonds. The Balaban J connectivity index is 4.52. The lowest BCUT2D eigenvalue weighted by molar-refractivity contribution is -0.152. The number of hydrogen-bond donors (Lipinski definition) is 1. The molecule has 5 nitrogen and oxygen atoms in total. The molecule has 2 unspecified atom stereocenters. The minimum Gasteiger partial charge on any atom is -0.465 e. The molecular formula is C14H29NO4. The number of ether oxygens (including phenoxy) is 3. The van der Waals surface area contributed by atoms with E-state index in [1.54, 1.807) is 7.11 Å². The van der Waals surface area contributed by atoms with Crippen molar-refractivity contribution < 1.29 is 19.0 Å². The molecule has 19 heavy (non-hydrogen) atoms. The maximum absolute atomic E-state index is 12.1. The van der Waals surface area contributed by atoms with Crippen LogP contribution in [-0.4, -0.2) is 50.6 Å². The third-order valence-corrected chi connectivity index (χ3v) is 2.72. The van der Waals surface area contributed by atoms with E-state index < -0.39 is 5.54 Å². The van der Waals surface area contributed by atoms with Gasteiger partial charge in [-0.25, -0.2) is 0 Å². The zero-order valence-electron chi connectivity index (χ0n) is 13.1. The van der Waals surface area contributed by atoms with Crippen molar-refractivity contribution in [3.63, 3.8) is 0 Å². The molecule has 5 heteroatoms. The second-order valence-electron chi connectivity index (χ2n) is 5.23. The molecular weight excluding hydrogens is 246 g/mol. The van der Waals surface area contributed by atoms with Gasteiger partial charge in [0.15, 0.2) is 0 Å².